The molecular formula is C16H25NO3. The van der Waals surface area contributed by atoms with E-state index in [9.17, 15) is 9.90 Å². The van der Waals surface area contributed by atoms with E-state index in [0.717, 1.165) is 11.1 Å². The van der Waals surface area contributed by atoms with Crippen molar-refractivity contribution in [1.82, 2.24) is 4.90 Å². The maximum absolute atomic E-state index is 12.2. The predicted molar refractivity (Wildman–Crippen MR) is 79.8 cm³/mol. The van der Waals surface area contributed by atoms with Crippen LogP contribution in [0.4, 0.5) is 0 Å². The lowest BCUT2D eigenvalue weighted by atomic mass is 10.1. The van der Waals surface area contributed by atoms with Gasteiger partial charge >= 0.3 is 0 Å². The van der Waals surface area contributed by atoms with Crippen LogP contribution in [0, 0.1) is 6.92 Å². The highest BCUT2D eigenvalue weighted by Gasteiger charge is 2.20. The summed E-state index contributed by atoms with van der Waals surface area (Å²) in [4.78, 5) is 13.9. The highest BCUT2D eigenvalue weighted by molar-refractivity contribution is 5.80. The first-order valence-corrected chi connectivity index (χ1v) is 7.14. The number of aryl methyl sites for hydroxylation is 1. The van der Waals surface area contributed by atoms with E-state index < -0.39 is 12.2 Å². The molecule has 1 aromatic rings. The predicted octanol–water partition coefficient (Wildman–Crippen LogP) is 2.68. The van der Waals surface area contributed by atoms with Crippen molar-refractivity contribution < 1.29 is 14.6 Å². The summed E-state index contributed by atoms with van der Waals surface area (Å²) in [6, 6.07) is 5.51. The monoisotopic (exact) mass is 279 g/mol. The number of aliphatic hydroxyl groups excluding tert-OH is 1. The van der Waals surface area contributed by atoms with Gasteiger partial charge in [-0.3, -0.25) is 4.79 Å². The summed E-state index contributed by atoms with van der Waals surface area (Å²) in [5.41, 5.74) is 1.76. The third kappa shape index (κ3) is 3.97. The molecule has 0 saturated heterocycles. The second-order valence-electron chi connectivity index (χ2n) is 4.97. The van der Waals surface area contributed by atoms with Crippen LogP contribution in [-0.4, -0.2) is 35.1 Å². The van der Waals surface area contributed by atoms with Gasteiger partial charge in [0.05, 0.1) is 6.10 Å². The first-order valence-electron chi connectivity index (χ1n) is 7.14. The largest absolute Gasteiger partial charge is 0.481 e. The van der Waals surface area contributed by atoms with E-state index in [2.05, 4.69) is 0 Å². The van der Waals surface area contributed by atoms with Gasteiger partial charge in [0.15, 0.2) is 6.10 Å². The second-order valence-corrected chi connectivity index (χ2v) is 4.97. The van der Waals surface area contributed by atoms with Crippen LogP contribution in [0.2, 0.25) is 0 Å². The molecule has 1 unspecified atom stereocenters. The van der Waals surface area contributed by atoms with Crippen LogP contribution < -0.4 is 4.74 Å². The fourth-order valence-corrected chi connectivity index (χ4v) is 2.10. The van der Waals surface area contributed by atoms with Crippen LogP contribution >= 0.6 is 0 Å². The SMILES string of the molecule is CCN(CC)C(=O)C(C)Oc1ccc([C@H](C)O)cc1C. The number of carbonyl (C=O) groups is 1. The highest BCUT2D eigenvalue weighted by atomic mass is 16.5. The minimum absolute atomic E-state index is 0.00555. The third-order valence-corrected chi connectivity index (χ3v) is 3.41. The molecule has 0 aliphatic rings. The Morgan fingerprint density at radius 3 is 2.35 bits per heavy atom. The van der Waals surface area contributed by atoms with Crippen LogP contribution in [-0.2, 0) is 4.79 Å². The number of amides is 1. The number of rotatable bonds is 6. The molecule has 112 valence electrons. The molecule has 0 spiro atoms. The average Bonchev–Trinajstić information content (AvgIpc) is 2.41. The number of likely N-dealkylation sites (N-methyl/N-ethyl adjacent to an activating group) is 1. The van der Waals surface area contributed by atoms with Crippen molar-refractivity contribution in [2.75, 3.05) is 13.1 Å². The molecule has 1 rings (SSSR count). The fraction of sp³-hybridized carbons (Fsp3) is 0.562. The number of benzene rings is 1. The van der Waals surface area contributed by atoms with Gasteiger partial charge in [-0.15, -0.1) is 0 Å². The Bertz CT molecular complexity index is 453. The summed E-state index contributed by atoms with van der Waals surface area (Å²) in [6.07, 6.45) is -1.01. The maximum Gasteiger partial charge on any atom is 0.263 e. The van der Waals surface area contributed by atoms with Crippen molar-refractivity contribution >= 4 is 5.91 Å². The Hall–Kier alpha value is -1.55. The average molecular weight is 279 g/mol. The van der Waals surface area contributed by atoms with E-state index in [1.54, 1.807) is 18.7 Å². The molecule has 20 heavy (non-hydrogen) atoms. The van der Waals surface area contributed by atoms with Gasteiger partial charge in [0, 0.05) is 13.1 Å². The molecule has 1 amide bonds. The summed E-state index contributed by atoms with van der Waals surface area (Å²) >= 11 is 0. The summed E-state index contributed by atoms with van der Waals surface area (Å²) in [5.74, 6) is 0.677. The topological polar surface area (TPSA) is 49.8 Å². The molecule has 0 bridgehead atoms. The standard InChI is InChI=1S/C16H25NO3/c1-6-17(7-2)16(19)13(5)20-15-9-8-14(12(4)18)10-11(15)3/h8-10,12-13,18H,6-7H2,1-5H3/t12-,13?/m0/s1. The van der Waals surface area contributed by atoms with E-state index in [0.29, 0.717) is 18.8 Å². The molecule has 0 radical (unpaired) electrons. The number of carbonyl (C=O) groups excluding carboxylic acids is 1. The van der Waals surface area contributed by atoms with Crippen LogP contribution in [0.5, 0.6) is 5.75 Å². The van der Waals surface area contributed by atoms with E-state index in [1.807, 2.05) is 39.0 Å². The van der Waals surface area contributed by atoms with Crippen molar-refractivity contribution in [1.29, 1.82) is 0 Å². The van der Waals surface area contributed by atoms with Crippen molar-refractivity contribution in [2.24, 2.45) is 0 Å². The zero-order valence-electron chi connectivity index (χ0n) is 13.0. The number of aliphatic hydroxyl groups is 1. The molecule has 2 atom stereocenters. The van der Waals surface area contributed by atoms with Crippen molar-refractivity contribution in [3.63, 3.8) is 0 Å². The van der Waals surface area contributed by atoms with Crippen LogP contribution in [0.25, 0.3) is 0 Å². The summed E-state index contributed by atoms with van der Waals surface area (Å²) in [6.45, 7) is 10.7. The van der Waals surface area contributed by atoms with Crippen LogP contribution in [0.3, 0.4) is 0 Å². The molecule has 0 heterocycles. The lowest BCUT2D eigenvalue weighted by molar-refractivity contribution is -0.137. The minimum atomic E-state index is -0.508. The van der Waals surface area contributed by atoms with Crippen molar-refractivity contribution in [2.45, 2.75) is 46.8 Å². The minimum Gasteiger partial charge on any atom is -0.481 e. The zero-order valence-corrected chi connectivity index (χ0v) is 13.0. The molecular weight excluding hydrogens is 254 g/mol. The lowest BCUT2D eigenvalue weighted by Gasteiger charge is -2.24. The summed E-state index contributed by atoms with van der Waals surface area (Å²) in [7, 11) is 0. The van der Waals surface area contributed by atoms with Gasteiger partial charge in [0.2, 0.25) is 0 Å². The molecule has 0 fully saturated rings. The Morgan fingerprint density at radius 1 is 1.30 bits per heavy atom. The fourth-order valence-electron chi connectivity index (χ4n) is 2.10. The first kappa shape index (κ1) is 16.5. The molecule has 0 aromatic heterocycles. The Labute approximate surface area is 121 Å². The molecule has 0 aliphatic carbocycles. The van der Waals surface area contributed by atoms with Gasteiger partial charge in [0.1, 0.15) is 5.75 Å². The van der Waals surface area contributed by atoms with E-state index in [1.165, 1.54) is 0 Å². The van der Waals surface area contributed by atoms with Gasteiger partial charge in [-0.05, 0) is 57.9 Å². The summed E-state index contributed by atoms with van der Waals surface area (Å²) in [5, 5.41) is 9.54. The quantitative estimate of drug-likeness (QED) is 0.871. The molecule has 4 nitrogen and oxygen atoms in total. The maximum atomic E-state index is 12.2. The molecule has 0 saturated carbocycles. The number of hydrogen-bond acceptors (Lipinski definition) is 3. The van der Waals surface area contributed by atoms with E-state index >= 15 is 0 Å². The molecule has 1 aromatic carbocycles. The second kappa shape index (κ2) is 7.29. The lowest BCUT2D eigenvalue weighted by Crippen LogP contribution is -2.40. The van der Waals surface area contributed by atoms with Gasteiger partial charge in [-0.2, -0.15) is 0 Å². The van der Waals surface area contributed by atoms with Crippen LogP contribution in [0.1, 0.15) is 44.9 Å². The van der Waals surface area contributed by atoms with Crippen molar-refractivity contribution in [3.8, 4) is 5.75 Å². The molecule has 4 heteroatoms. The van der Waals surface area contributed by atoms with Gasteiger partial charge in [-0.1, -0.05) is 6.07 Å². The number of nitrogens with zero attached hydrogens (tertiary/aromatic N) is 1. The molecule has 0 aliphatic heterocycles. The Morgan fingerprint density at radius 2 is 1.90 bits per heavy atom. The smallest absolute Gasteiger partial charge is 0.263 e. The van der Waals surface area contributed by atoms with Crippen molar-refractivity contribution in [3.05, 3.63) is 29.3 Å². The van der Waals surface area contributed by atoms with E-state index in [-0.39, 0.29) is 5.91 Å². The first-order chi connectivity index (χ1) is 9.40. The van der Waals surface area contributed by atoms with Gasteiger partial charge in [-0.25, -0.2) is 0 Å². The zero-order chi connectivity index (χ0) is 15.3. The van der Waals surface area contributed by atoms with E-state index in [4.69, 9.17) is 4.74 Å². The van der Waals surface area contributed by atoms with Crippen LogP contribution in [0.15, 0.2) is 18.2 Å². The third-order valence-electron chi connectivity index (χ3n) is 3.41. The number of ether oxygens (including phenoxy) is 1. The highest BCUT2D eigenvalue weighted by Crippen LogP contribution is 2.23. The van der Waals surface area contributed by atoms with Gasteiger partial charge < -0.3 is 14.7 Å². The van der Waals surface area contributed by atoms with Gasteiger partial charge in [0.25, 0.3) is 5.91 Å². The number of hydrogen-bond donors (Lipinski definition) is 1. The Balaban J connectivity index is 2.80. The molecule has 1 N–H and O–H groups in total. The summed E-state index contributed by atoms with van der Waals surface area (Å²) < 4.78 is 5.75. The normalized spacial score (nSPS) is 13.7. The Kier molecular flexibility index (Phi) is 6.02.